The number of hydrogen-bond acceptors (Lipinski definition) is 2. The van der Waals surface area contributed by atoms with Crippen LogP contribution in [0.5, 0.6) is 0 Å². The Kier molecular flexibility index (Phi) is 6.05. The molecule has 0 fully saturated rings. The third-order valence-corrected chi connectivity index (χ3v) is 4.32. The lowest BCUT2D eigenvalue weighted by Gasteiger charge is -2.25. The predicted octanol–water partition coefficient (Wildman–Crippen LogP) is 2.36. The van der Waals surface area contributed by atoms with E-state index < -0.39 is 0 Å². The van der Waals surface area contributed by atoms with E-state index in [4.69, 9.17) is 0 Å². The maximum Gasteiger partial charge on any atom is 0.314 e. The zero-order chi connectivity index (χ0) is 15.1. The molecular formula is C17H27N3O. The molecule has 0 aliphatic heterocycles. The smallest absolute Gasteiger partial charge is 0.314 e. The van der Waals surface area contributed by atoms with E-state index in [9.17, 15) is 4.79 Å². The highest BCUT2D eigenvalue weighted by molar-refractivity contribution is 5.73. The second-order valence-electron chi connectivity index (χ2n) is 5.82. The van der Waals surface area contributed by atoms with Crippen molar-refractivity contribution in [3.8, 4) is 0 Å². The van der Waals surface area contributed by atoms with Gasteiger partial charge >= 0.3 is 6.03 Å². The van der Waals surface area contributed by atoms with Crippen molar-refractivity contribution in [3.63, 3.8) is 0 Å². The van der Waals surface area contributed by atoms with Gasteiger partial charge in [-0.05, 0) is 44.0 Å². The number of amides is 2. The van der Waals surface area contributed by atoms with Gasteiger partial charge in [0.25, 0.3) is 0 Å². The van der Waals surface area contributed by atoms with Crippen LogP contribution in [-0.4, -0.2) is 44.2 Å². The molecule has 0 saturated heterocycles. The first-order valence-electron chi connectivity index (χ1n) is 7.98. The minimum Gasteiger partial charge on any atom is -0.338 e. The summed E-state index contributed by atoms with van der Waals surface area (Å²) in [5.41, 5.74) is 2.86. The highest BCUT2D eigenvalue weighted by Gasteiger charge is 2.19. The molecule has 1 aromatic carbocycles. The van der Waals surface area contributed by atoms with Gasteiger partial charge in [-0.2, -0.15) is 0 Å². The lowest BCUT2D eigenvalue weighted by molar-refractivity contribution is 0.237. The van der Waals surface area contributed by atoms with Crippen molar-refractivity contribution < 1.29 is 4.79 Å². The van der Waals surface area contributed by atoms with E-state index in [1.54, 1.807) is 0 Å². The van der Waals surface area contributed by atoms with Crippen molar-refractivity contribution in [1.29, 1.82) is 0 Å². The first-order valence-corrected chi connectivity index (χ1v) is 7.98. The molecular weight excluding hydrogens is 262 g/mol. The maximum absolute atomic E-state index is 11.8. The van der Waals surface area contributed by atoms with Crippen molar-refractivity contribution in [2.45, 2.75) is 32.1 Å². The van der Waals surface area contributed by atoms with Gasteiger partial charge in [-0.25, -0.2) is 4.79 Å². The number of hydrogen-bond donors (Lipinski definition) is 2. The summed E-state index contributed by atoms with van der Waals surface area (Å²) in [4.78, 5) is 14.0. The van der Waals surface area contributed by atoms with Gasteiger partial charge in [0.2, 0.25) is 0 Å². The molecule has 0 unspecified atom stereocenters. The summed E-state index contributed by atoms with van der Waals surface area (Å²) in [6, 6.07) is 8.56. The monoisotopic (exact) mass is 289 g/mol. The minimum atomic E-state index is -0.0532. The third kappa shape index (κ3) is 4.74. The second-order valence-corrected chi connectivity index (χ2v) is 5.82. The van der Waals surface area contributed by atoms with Crippen LogP contribution in [-0.2, 0) is 6.42 Å². The zero-order valence-electron chi connectivity index (χ0n) is 13.2. The quantitative estimate of drug-likeness (QED) is 0.844. The van der Waals surface area contributed by atoms with Crippen molar-refractivity contribution in [2.75, 3.05) is 33.2 Å². The molecule has 2 rings (SSSR count). The van der Waals surface area contributed by atoms with Gasteiger partial charge in [-0.15, -0.1) is 0 Å². The van der Waals surface area contributed by atoms with Crippen LogP contribution in [0, 0.1) is 0 Å². The molecule has 0 spiro atoms. The first kappa shape index (κ1) is 15.8. The minimum absolute atomic E-state index is 0.0532. The fourth-order valence-corrected chi connectivity index (χ4v) is 2.86. The van der Waals surface area contributed by atoms with E-state index in [2.05, 4.69) is 53.8 Å². The number of likely N-dealkylation sites (N-methyl/N-ethyl adjacent to an activating group) is 1. The van der Waals surface area contributed by atoms with Crippen LogP contribution in [0.25, 0.3) is 0 Å². The van der Waals surface area contributed by atoms with Gasteiger partial charge in [-0.1, -0.05) is 31.2 Å². The molecule has 0 aromatic heterocycles. The molecule has 1 aromatic rings. The van der Waals surface area contributed by atoms with E-state index in [1.165, 1.54) is 24.0 Å². The number of aryl methyl sites for hydroxylation is 1. The van der Waals surface area contributed by atoms with Crippen molar-refractivity contribution in [3.05, 3.63) is 35.4 Å². The lowest BCUT2D eigenvalue weighted by Crippen LogP contribution is -2.41. The molecule has 116 valence electrons. The molecule has 1 aliphatic rings. The molecule has 4 heteroatoms. The number of benzene rings is 1. The van der Waals surface area contributed by atoms with E-state index >= 15 is 0 Å². The molecule has 4 nitrogen and oxygen atoms in total. The summed E-state index contributed by atoms with van der Waals surface area (Å²) in [5, 5.41) is 5.94. The number of nitrogens with zero attached hydrogens (tertiary/aromatic N) is 1. The molecule has 21 heavy (non-hydrogen) atoms. The summed E-state index contributed by atoms with van der Waals surface area (Å²) in [6.45, 7) is 5.42. The Morgan fingerprint density at radius 2 is 2.14 bits per heavy atom. The molecule has 0 saturated carbocycles. The normalized spacial score (nSPS) is 17.4. The number of carbonyl (C=O) groups is 1. The number of urea groups is 1. The van der Waals surface area contributed by atoms with Crippen LogP contribution >= 0.6 is 0 Å². The van der Waals surface area contributed by atoms with Crippen molar-refractivity contribution >= 4 is 6.03 Å². The molecule has 1 atom stereocenters. The number of fused-ring (bicyclic) bond motifs is 1. The van der Waals surface area contributed by atoms with Gasteiger partial charge in [0.15, 0.2) is 0 Å². The van der Waals surface area contributed by atoms with Crippen LogP contribution in [0.2, 0.25) is 0 Å². The first-order chi connectivity index (χ1) is 10.2. The summed E-state index contributed by atoms with van der Waals surface area (Å²) in [7, 11) is 2.05. The lowest BCUT2D eigenvalue weighted by atomic mass is 9.83. The van der Waals surface area contributed by atoms with Crippen molar-refractivity contribution in [2.24, 2.45) is 0 Å². The standard InChI is InChI=1S/C17H27N3O/c1-3-20(2)12-11-18-17(21)19-13-15-9-6-8-14-7-4-5-10-16(14)15/h4-5,7,10,15H,3,6,8-9,11-13H2,1-2H3,(H2,18,19,21)/t15-/m1/s1. The van der Waals surface area contributed by atoms with Gasteiger partial charge in [0, 0.05) is 25.6 Å². The van der Waals surface area contributed by atoms with Crippen LogP contribution in [0.15, 0.2) is 24.3 Å². The summed E-state index contributed by atoms with van der Waals surface area (Å²) < 4.78 is 0. The molecule has 2 amide bonds. The van der Waals surface area contributed by atoms with E-state index in [0.29, 0.717) is 12.5 Å². The molecule has 0 heterocycles. The van der Waals surface area contributed by atoms with Crippen molar-refractivity contribution in [1.82, 2.24) is 15.5 Å². The van der Waals surface area contributed by atoms with Crippen LogP contribution < -0.4 is 10.6 Å². The van der Waals surface area contributed by atoms with E-state index in [-0.39, 0.29) is 6.03 Å². The molecule has 0 bridgehead atoms. The fraction of sp³-hybridized carbons (Fsp3) is 0.588. The summed E-state index contributed by atoms with van der Waals surface area (Å²) >= 11 is 0. The maximum atomic E-state index is 11.8. The Hall–Kier alpha value is -1.55. The zero-order valence-corrected chi connectivity index (χ0v) is 13.2. The topological polar surface area (TPSA) is 44.4 Å². The van der Waals surface area contributed by atoms with Gasteiger partial charge < -0.3 is 15.5 Å². The Morgan fingerprint density at radius 3 is 2.95 bits per heavy atom. The van der Waals surface area contributed by atoms with E-state index in [0.717, 1.165) is 26.1 Å². The van der Waals surface area contributed by atoms with Gasteiger partial charge in [0.05, 0.1) is 0 Å². The molecule has 2 N–H and O–H groups in total. The van der Waals surface area contributed by atoms with Crippen LogP contribution in [0.1, 0.15) is 36.8 Å². The fourth-order valence-electron chi connectivity index (χ4n) is 2.86. The Bertz CT molecular complexity index is 461. The Labute approximate surface area is 127 Å². The summed E-state index contributed by atoms with van der Waals surface area (Å²) in [6.07, 6.45) is 3.55. The Balaban J connectivity index is 1.75. The van der Waals surface area contributed by atoms with E-state index in [1.807, 2.05) is 0 Å². The van der Waals surface area contributed by atoms with Crippen LogP contribution in [0.4, 0.5) is 4.79 Å². The number of rotatable bonds is 6. The second kappa shape index (κ2) is 8.03. The third-order valence-electron chi connectivity index (χ3n) is 4.32. The Morgan fingerprint density at radius 1 is 1.33 bits per heavy atom. The molecule has 0 radical (unpaired) electrons. The SMILES string of the molecule is CCN(C)CCNC(=O)NC[C@H]1CCCc2ccccc21. The summed E-state index contributed by atoms with van der Waals surface area (Å²) in [5.74, 6) is 0.457. The number of carbonyl (C=O) groups excluding carboxylic acids is 1. The van der Waals surface area contributed by atoms with Gasteiger partial charge in [-0.3, -0.25) is 0 Å². The highest BCUT2D eigenvalue weighted by Crippen LogP contribution is 2.30. The van der Waals surface area contributed by atoms with Gasteiger partial charge in [0.1, 0.15) is 0 Å². The predicted molar refractivity (Wildman–Crippen MR) is 86.7 cm³/mol. The largest absolute Gasteiger partial charge is 0.338 e. The van der Waals surface area contributed by atoms with Crippen LogP contribution in [0.3, 0.4) is 0 Å². The average Bonchev–Trinajstić information content (AvgIpc) is 2.52. The average molecular weight is 289 g/mol. The molecule has 1 aliphatic carbocycles. The number of nitrogens with one attached hydrogen (secondary N) is 2. The highest BCUT2D eigenvalue weighted by atomic mass is 16.2.